The van der Waals surface area contributed by atoms with Crippen molar-refractivity contribution in [2.45, 2.75) is 45.1 Å². The van der Waals surface area contributed by atoms with Gasteiger partial charge in [0, 0.05) is 34.6 Å². The minimum Gasteiger partial charge on any atom is -0.484 e. The van der Waals surface area contributed by atoms with E-state index in [-0.39, 0.29) is 30.9 Å². The number of hydrogen-bond acceptors (Lipinski definition) is 4. The maximum absolute atomic E-state index is 12.5. The van der Waals surface area contributed by atoms with E-state index >= 15 is 0 Å². The molecule has 0 aliphatic carbocycles. The molecule has 1 aromatic heterocycles. The Kier molecular flexibility index (Phi) is 8.98. The molecule has 0 spiro atoms. The van der Waals surface area contributed by atoms with Gasteiger partial charge in [0.25, 0.3) is 5.91 Å². The first-order chi connectivity index (χ1) is 18.4. The lowest BCUT2D eigenvalue weighted by atomic mass is 9.85. The van der Waals surface area contributed by atoms with Gasteiger partial charge in [0.05, 0.1) is 11.9 Å². The van der Waals surface area contributed by atoms with Crippen molar-refractivity contribution in [2.24, 2.45) is 0 Å². The normalized spacial score (nSPS) is 12.6. The van der Waals surface area contributed by atoms with Crippen LogP contribution < -0.4 is 10.1 Å². The molecule has 196 valence electrons. The van der Waals surface area contributed by atoms with Gasteiger partial charge in [-0.05, 0) is 72.5 Å². The number of pyridine rings is 1. The molecule has 0 aliphatic rings. The van der Waals surface area contributed by atoms with E-state index in [4.69, 9.17) is 21.4 Å². The zero-order valence-corrected chi connectivity index (χ0v) is 22.2. The topological polar surface area (TPSA) is 88.5 Å². The summed E-state index contributed by atoms with van der Waals surface area (Å²) in [6.07, 6.45) is 3.13. The summed E-state index contributed by atoms with van der Waals surface area (Å²) in [6, 6.07) is 23.2. The van der Waals surface area contributed by atoms with E-state index in [2.05, 4.69) is 23.3 Å². The summed E-state index contributed by atoms with van der Waals surface area (Å²) in [4.78, 5) is 27.7. The number of carbonyl (C=O) groups is 2. The van der Waals surface area contributed by atoms with Crippen LogP contribution in [0.3, 0.4) is 0 Å². The average Bonchev–Trinajstić information content (AvgIpc) is 2.91. The van der Waals surface area contributed by atoms with Gasteiger partial charge in [-0.1, -0.05) is 55.3 Å². The summed E-state index contributed by atoms with van der Waals surface area (Å²) in [5, 5.41) is 13.1. The second-order valence-corrected chi connectivity index (χ2v) is 9.77. The van der Waals surface area contributed by atoms with Crippen LogP contribution >= 0.6 is 11.6 Å². The first kappa shape index (κ1) is 27.1. The fraction of sp³-hybridized carbons (Fsp3) is 0.258. The minimum atomic E-state index is -0.951. The number of carboxylic acid groups (broad SMARTS) is 1. The monoisotopic (exact) mass is 530 g/mol. The molecule has 6 nitrogen and oxygen atoms in total. The number of aryl methyl sites for hydroxylation is 1. The number of rotatable bonds is 11. The highest BCUT2D eigenvalue weighted by atomic mass is 35.5. The number of nitrogens with zero attached hydrogens (tertiary/aromatic N) is 1. The van der Waals surface area contributed by atoms with E-state index in [1.165, 1.54) is 0 Å². The molecule has 1 amide bonds. The Labute approximate surface area is 227 Å². The standard InChI is InChI=1S/C31H31ClN2O4/c1-3-4-25(21-6-8-23(9-7-21)31(37)34-18-16-29(35)36)30(22-10-12-24(32)13-11-22)38-28-15-17-33-27-19-20(2)5-14-26(27)28/h5-15,17,19,25,30H,3-4,16,18H2,1-2H3,(H,34,37)(H,35,36). The van der Waals surface area contributed by atoms with E-state index in [9.17, 15) is 9.59 Å². The van der Waals surface area contributed by atoms with Crippen LogP contribution in [-0.2, 0) is 4.79 Å². The van der Waals surface area contributed by atoms with Crippen LogP contribution in [0.1, 0.15) is 65.3 Å². The highest BCUT2D eigenvalue weighted by Crippen LogP contribution is 2.40. The van der Waals surface area contributed by atoms with Gasteiger partial charge in [0.2, 0.25) is 0 Å². The maximum Gasteiger partial charge on any atom is 0.305 e. The Morgan fingerprint density at radius 3 is 2.39 bits per heavy atom. The molecule has 3 aromatic carbocycles. The van der Waals surface area contributed by atoms with E-state index < -0.39 is 5.97 Å². The van der Waals surface area contributed by atoms with Gasteiger partial charge in [-0.25, -0.2) is 0 Å². The van der Waals surface area contributed by atoms with Crippen molar-refractivity contribution in [2.75, 3.05) is 6.54 Å². The second-order valence-electron chi connectivity index (χ2n) is 9.34. The van der Waals surface area contributed by atoms with Crippen molar-refractivity contribution in [3.8, 4) is 5.75 Å². The van der Waals surface area contributed by atoms with Gasteiger partial charge in [-0.2, -0.15) is 0 Å². The van der Waals surface area contributed by atoms with Crippen LogP contribution in [0.2, 0.25) is 5.02 Å². The highest BCUT2D eigenvalue weighted by Gasteiger charge is 2.27. The Morgan fingerprint density at radius 1 is 1.00 bits per heavy atom. The van der Waals surface area contributed by atoms with Crippen LogP contribution in [0.15, 0.2) is 79.0 Å². The summed E-state index contributed by atoms with van der Waals surface area (Å²) in [7, 11) is 0. The molecular formula is C31H31ClN2O4. The predicted octanol–water partition coefficient (Wildman–Crippen LogP) is 7.11. The zero-order chi connectivity index (χ0) is 27.1. The Morgan fingerprint density at radius 2 is 1.71 bits per heavy atom. The Bertz CT molecular complexity index is 1400. The van der Waals surface area contributed by atoms with Crippen LogP contribution in [0.4, 0.5) is 0 Å². The molecule has 0 saturated carbocycles. The van der Waals surface area contributed by atoms with E-state index in [1.807, 2.05) is 61.5 Å². The number of benzene rings is 3. The second kappa shape index (κ2) is 12.6. The van der Waals surface area contributed by atoms with Gasteiger partial charge in [-0.15, -0.1) is 0 Å². The van der Waals surface area contributed by atoms with Crippen LogP contribution in [-0.4, -0.2) is 28.5 Å². The summed E-state index contributed by atoms with van der Waals surface area (Å²) in [5.41, 5.74) is 4.53. The zero-order valence-electron chi connectivity index (χ0n) is 21.5. The number of aromatic nitrogens is 1. The molecule has 0 saturated heterocycles. The molecule has 1 heterocycles. The molecule has 4 aromatic rings. The predicted molar refractivity (Wildman–Crippen MR) is 150 cm³/mol. The van der Waals surface area contributed by atoms with Gasteiger partial charge in [0.1, 0.15) is 11.9 Å². The van der Waals surface area contributed by atoms with Crippen molar-refractivity contribution < 1.29 is 19.4 Å². The van der Waals surface area contributed by atoms with Crippen molar-refractivity contribution in [1.29, 1.82) is 0 Å². The number of fused-ring (bicyclic) bond motifs is 1. The lowest BCUT2D eigenvalue weighted by Gasteiger charge is -2.29. The molecule has 0 bridgehead atoms. The third-order valence-corrected chi connectivity index (χ3v) is 6.75. The lowest BCUT2D eigenvalue weighted by Crippen LogP contribution is -2.26. The van der Waals surface area contributed by atoms with Crippen LogP contribution in [0.5, 0.6) is 5.75 Å². The summed E-state index contributed by atoms with van der Waals surface area (Å²) < 4.78 is 6.80. The summed E-state index contributed by atoms with van der Waals surface area (Å²) in [5.74, 6) is -0.494. The first-order valence-electron chi connectivity index (χ1n) is 12.7. The van der Waals surface area contributed by atoms with E-state index in [0.29, 0.717) is 10.6 Å². The first-order valence-corrected chi connectivity index (χ1v) is 13.1. The quantitative estimate of drug-likeness (QED) is 0.216. The number of carboxylic acids is 1. The van der Waals surface area contributed by atoms with Crippen molar-refractivity contribution in [3.63, 3.8) is 0 Å². The van der Waals surface area contributed by atoms with Crippen molar-refractivity contribution in [3.05, 3.63) is 106 Å². The number of amides is 1. The average molecular weight is 531 g/mol. The summed E-state index contributed by atoms with van der Waals surface area (Å²) in [6.45, 7) is 4.26. The van der Waals surface area contributed by atoms with E-state index in [1.54, 1.807) is 18.3 Å². The lowest BCUT2D eigenvalue weighted by molar-refractivity contribution is -0.136. The van der Waals surface area contributed by atoms with Gasteiger partial charge in [-0.3, -0.25) is 14.6 Å². The SMILES string of the molecule is CCCC(c1ccc(C(=O)NCCC(=O)O)cc1)C(Oc1ccnc2cc(C)ccc12)c1ccc(Cl)cc1. The number of carbonyl (C=O) groups excluding carboxylic acids is 1. The molecular weight excluding hydrogens is 500 g/mol. The van der Waals surface area contributed by atoms with Crippen molar-refractivity contribution in [1.82, 2.24) is 10.3 Å². The van der Waals surface area contributed by atoms with E-state index in [0.717, 1.165) is 46.2 Å². The Balaban J connectivity index is 1.68. The largest absolute Gasteiger partial charge is 0.484 e. The van der Waals surface area contributed by atoms with Gasteiger partial charge >= 0.3 is 5.97 Å². The molecule has 2 atom stereocenters. The number of aliphatic carboxylic acids is 1. The molecule has 0 radical (unpaired) electrons. The molecule has 7 heteroatoms. The molecule has 0 fully saturated rings. The van der Waals surface area contributed by atoms with Crippen molar-refractivity contribution >= 4 is 34.4 Å². The Hall–Kier alpha value is -3.90. The fourth-order valence-electron chi connectivity index (χ4n) is 4.58. The number of halogens is 1. The molecule has 2 unspecified atom stereocenters. The van der Waals surface area contributed by atoms with Crippen LogP contribution in [0.25, 0.3) is 10.9 Å². The summed E-state index contributed by atoms with van der Waals surface area (Å²) >= 11 is 6.21. The molecule has 0 aliphatic heterocycles. The molecule has 2 N–H and O–H groups in total. The third kappa shape index (κ3) is 6.69. The maximum atomic E-state index is 12.5. The smallest absolute Gasteiger partial charge is 0.305 e. The fourth-order valence-corrected chi connectivity index (χ4v) is 4.70. The highest BCUT2D eigenvalue weighted by molar-refractivity contribution is 6.30. The number of ether oxygens (including phenoxy) is 1. The molecule has 4 rings (SSSR count). The van der Waals surface area contributed by atoms with Crippen LogP contribution in [0, 0.1) is 6.92 Å². The number of hydrogen-bond donors (Lipinski definition) is 2. The van der Waals surface area contributed by atoms with Gasteiger partial charge < -0.3 is 15.2 Å². The molecule has 38 heavy (non-hydrogen) atoms. The minimum absolute atomic E-state index is 0.000962. The third-order valence-electron chi connectivity index (χ3n) is 6.50. The van der Waals surface area contributed by atoms with Gasteiger partial charge in [0.15, 0.2) is 0 Å². The number of nitrogens with one attached hydrogen (secondary N) is 1.